The molecule has 0 radical (unpaired) electrons. The maximum Gasteiger partial charge on any atom is 0.475 e. The summed E-state index contributed by atoms with van der Waals surface area (Å²) in [7, 11) is 0.914. The van der Waals surface area contributed by atoms with E-state index in [1.54, 1.807) is 0 Å². The first-order valence-corrected chi connectivity index (χ1v) is 14.5. The van der Waals surface area contributed by atoms with E-state index in [-0.39, 0.29) is 6.61 Å². The molecule has 34 heavy (non-hydrogen) atoms. The smallest absolute Gasteiger partial charge is 0.393 e. The summed E-state index contributed by atoms with van der Waals surface area (Å²) in [6, 6.07) is 0. The minimum atomic E-state index is -4.72. The Kier molecular flexibility index (Phi) is 18.2. The van der Waals surface area contributed by atoms with Gasteiger partial charge < -0.3 is 29.8 Å². The van der Waals surface area contributed by atoms with Crippen LogP contribution < -0.4 is 0 Å². The molecule has 0 saturated carbocycles. The van der Waals surface area contributed by atoms with Crippen molar-refractivity contribution < 1.29 is 43.4 Å². The van der Waals surface area contributed by atoms with E-state index in [2.05, 4.69) is 6.92 Å². The summed E-state index contributed by atoms with van der Waals surface area (Å²) >= 11 is 0. The molecule has 0 aromatic carbocycles. The van der Waals surface area contributed by atoms with Crippen LogP contribution in [0.1, 0.15) is 96.8 Å². The predicted molar refractivity (Wildman–Crippen MR) is 134 cm³/mol. The van der Waals surface area contributed by atoms with Gasteiger partial charge in [0.1, 0.15) is 19.3 Å². The lowest BCUT2D eigenvalue weighted by Gasteiger charge is -2.34. The topological polar surface area (TPSA) is 137 Å². The monoisotopic (exact) mass is 514 g/mol. The van der Waals surface area contributed by atoms with Crippen molar-refractivity contribution in [2.24, 2.45) is 0 Å². The minimum Gasteiger partial charge on any atom is -0.393 e. The second kappa shape index (κ2) is 18.2. The number of rotatable bonds is 23. The zero-order valence-electron chi connectivity index (χ0n) is 22.0. The number of hydrogen-bond donors (Lipinski definition) is 5. The van der Waals surface area contributed by atoms with Gasteiger partial charge in [-0.2, -0.15) is 0 Å². The highest BCUT2D eigenvalue weighted by atomic mass is 31.2. The molecular weight excluding hydrogens is 461 g/mol. The van der Waals surface area contributed by atoms with Gasteiger partial charge in [0.2, 0.25) is 5.79 Å². The fourth-order valence-electron chi connectivity index (χ4n) is 3.69. The van der Waals surface area contributed by atoms with Crippen LogP contribution in [0.25, 0.3) is 0 Å². The molecule has 0 aromatic heterocycles. The standard InChI is InChI=1S/C24H52NO8P/c1-5-6-7-8-9-10-11-12-13-14-15-16-17-22(27)20-24(29,23(28)21-26)33-34(30,31)32-19-18-25(2,3)4/h22-23,26-29H,5-21H2,1-4H3/p+1/t22?,23-,24?/m0/s1. The number of phosphoric acid groups is 1. The average Bonchev–Trinajstić information content (AvgIpc) is 2.72. The Morgan fingerprint density at radius 2 is 1.35 bits per heavy atom. The second-order valence-corrected chi connectivity index (χ2v) is 11.9. The van der Waals surface area contributed by atoms with Crippen molar-refractivity contribution in [2.45, 2.75) is 115 Å². The van der Waals surface area contributed by atoms with Crippen molar-refractivity contribution in [1.29, 1.82) is 0 Å². The van der Waals surface area contributed by atoms with Crippen LogP contribution in [0.5, 0.6) is 0 Å². The van der Waals surface area contributed by atoms with Crippen LogP contribution in [0, 0.1) is 0 Å². The van der Waals surface area contributed by atoms with Gasteiger partial charge in [-0.15, -0.1) is 0 Å². The van der Waals surface area contributed by atoms with Gasteiger partial charge in [-0.1, -0.05) is 84.0 Å². The third-order valence-electron chi connectivity index (χ3n) is 5.90. The number of nitrogens with zero attached hydrogens (tertiary/aromatic N) is 1. The number of aliphatic hydroxyl groups excluding tert-OH is 3. The van der Waals surface area contributed by atoms with Crippen LogP contribution >= 0.6 is 7.82 Å². The molecule has 5 N–H and O–H groups in total. The number of aliphatic hydroxyl groups is 4. The van der Waals surface area contributed by atoms with E-state index in [1.165, 1.54) is 51.4 Å². The molecule has 9 nitrogen and oxygen atoms in total. The van der Waals surface area contributed by atoms with Gasteiger partial charge in [-0.05, 0) is 6.42 Å². The van der Waals surface area contributed by atoms with Crippen molar-refractivity contribution in [3.63, 3.8) is 0 Å². The van der Waals surface area contributed by atoms with E-state index in [9.17, 15) is 29.9 Å². The summed E-state index contributed by atoms with van der Waals surface area (Å²) in [5, 5.41) is 40.2. The van der Waals surface area contributed by atoms with Crippen molar-refractivity contribution in [2.75, 3.05) is 40.9 Å². The van der Waals surface area contributed by atoms with Crippen molar-refractivity contribution >= 4 is 7.82 Å². The molecule has 0 saturated heterocycles. The Balaban J connectivity index is 4.27. The Bertz CT molecular complexity index is 546. The average molecular weight is 515 g/mol. The molecule has 0 aliphatic rings. The Morgan fingerprint density at radius 3 is 1.79 bits per heavy atom. The van der Waals surface area contributed by atoms with Crippen LogP contribution in [0.15, 0.2) is 0 Å². The van der Waals surface area contributed by atoms with Crippen LogP contribution in [0.3, 0.4) is 0 Å². The SMILES string of the molecule is CCCCCCCCCCCCCCC(O)CC(O)(OP(=O)(O)OCC[N+](C)(C)C)[C@@H](O)CO. The Labute approximate surface area is 207 Å². The molecule has 0 aliphatic carbocycles. The molecule has 4 atom stereocenters. The molecule has 0 fully saturated rings. The lowest BCUT2D eigenvalue weighted by molar-refractivity contribution is -0.870. The van der Waals surface area contributed by atoms with Gasteiger partial charge in [-0.25, -0.2) is 4.57 Å². The van der Waals surface area contributed by atoms with Gasteiger partial charge in [-0.3, -0.25) is 9.05 Å². The van der Waals surface area contributed by atoms with Crippen LogP contribution in [0.4, 0.5) is 0 Å². The summed E-state index contributed by atoms with van der Waals surface area (Å²) in [6.45, 7) is 1.63. The molecule has 10 heteroatoms. The number of quaternary nitrogens is 1. The molecule has 0 spiro atoms. The number of hydrogen-bond acceptors (Lipinski definition) is 7. The molecule has 0 bridgehead atoms. The van der Waals surface area contributed by atoms with Gasteiger partial charge in [0.25, 0.3) is 0 Å². The highest BCUT2D eigenvalue weighted by molar-refractivity contribution is 7.47. The predicted octanol–water partition coefficient (Wildman–Crippen LogP) is 3.71. The molecule has 0 aromatic rings. The first kappa shape index (κ1) is 33.9. The first-order valence-electron chi connectivity index (χ1n) is 13.0. The third-order valence-corrected chi connectivity index (χ3v) is 6.96. The van der Waals surface area contributed by atoms with Crippen LogP contribution in [-0.4, -0.2) is 88.7 Å². The van der Waals surface area contributed by atoms with Crippen molar-refractivity contribution in [3.8, 4) is 0 Å². The van der Waals surface area contributed by atoms with E-state index in [4.69, 9.17) is 9.05 Å². The summed E-state index contributed by atoms with van der Waals surface area (Å²) in [5.41, 5.74) is 0. The maximum absolute atomic E-state index is 12.3. The summed E-state index contributed by atoms with van der Waals surface area (Å²) in [4.78, 5) is 9.96. The lowest BCUT2D eigenvalue weighted by atomic mass is 9.98. The van der Waals surface area contributed by atoms with Crippen molar-refractivity contribution in [1.82, 2.24) is 0 Å². The van der Waals surface area contributed by atoms with E-state index in [1.807, 2.05) is 21.1 Å². The van der Waals surface area contributed by atoms with Gasteiger partial charge in [0.15, 0.2) is 0 Å². The fraction of sp³-hybridized carbons (Fsp3) is 1.00. The van der Waals surface area contributed by atoms with Gasteiger partial charge in [0, 0.05) is 6.42 Å². The Hall–Kier alpha value is -0.0900. The lowest BCUT2D eigenvalue weighted by Crippen LogP contribution is -2.48. The minimum absolute atomic E-state index is 0.107. The molecule has 0 aliphatic heterocycles. The zero-order valence-corrected chi connectivity index (χ0v) is 22.9. The van der Waals surface area contributed by atoms with E-state index >= 15 is 0 Å². The van der Waals surface area contributed by atoms with Gasteiger partial charge >= 0.3 is 7.82 Å². The summed E-state index contributed by atoms with van der Waals surface area (Å²) in [5.74, 6) is -2.60. The van der Waals surface area contributed by atoms with Gasteiger partial charge in [0.05, 0.1) is 33.9 Å². The zero-order chi connectivity index (χ0) is 26.1. The second-order valence-electron chi connectivity index (χ2n) is 10.5. The quantitative estimate of drug-likeness (QED) is 0.0602. The van der Waals surface area contributed by atoms with E-state index < -0.39 is 38.8 Å². The molecule has 0 rings (SSSR count). The fourth-order valence-corrected chi connectivity index (χ4v) is 4.65. The highest BCUT2D eigenvalue weighted by Gasteiger charge is 2.45. The highest BCUT2D eigenvalue weighted by Crippen LogP contribution is 2.48. The molecule has 0 amide bonds. The molecule has 206 valence electrons. The number of unbranched alkanes of at least 4 members (excludes halogenated alkanes) is 11. The summed E-state index contributed by atoms with van der Waals surface area (Å²) < 4.78 is 22.5. The van der Waals surface area contributed by atoms with E-state index in [0.29, 0.717) is 17.4 Å². The third kappa shape index (κ3) is 18.2. The number of phosphoric ester groups is 1. The normalized spacial score (nSPS) is 17.8. The number of likely N-dealkylation sites (N-methyl/N-ethyl adjacent to an activating group) is 1. The van der Waals surface area contributed by atoms with Crippen LogP contribution in [0.2, 0.25) is 0 Å². The Morgan fingerprint density at radius 1 is 0.882 bits per heavy atom. The van der Waals surface area contributed by atoms with Crippen LogP contribution in [-0.2, 0) is 13.6 Å². The van der Waals surface area contributed by atoms with E-state index in [0.717, 1.165) is 25.7 Å². The first-order chi connectivity index (χ1) is 15.9. The largest absolute Gasteiger partial charge is 0.475 e. The molecule has 0 heterocycles. The molecular formula is C24H53NO8P+. The maximum atomic E-state index is 12.3. The molecule has 3 unspecified atom stereocenters. The van der Waals surface area contributed by atoms with Crippen molar-refractivity contribution in [3.05, 3.63) is 0 Å². The summed E-state index contributed by atoms with van der Waals surface area (Å²) in [6.07, 6.45) is 11.1.